The van der Waals surface area contributed by atoms with E-state index in [9.17, 15) is 14.4 Å². The van der Waals surface area contributed by atoms with Crippen molar-refractivity contribution >= 4 is 62.4 Å². The van der Waals surface area contributed by atoms with Crippen molar-refractivity contribution in [3.05, 3.63) is 98.3 Å². The number of benzene rings is 3. The van der Waals surface area contributed by atoms with Crippen LogP contribution in [0.5, 0.6) is 0 Å². The fraction of sp³-hybridized carbons (Fsp3) is 0.120. The molecular weight excluding hydrogens is 495 g/mol. The van der Waals surface area contributed by atoms with Crippen molar-refractivity contribution in [2.75, 3.05) is 6.61 Å². The van der Waals surface area contributed by atoms with Crippen molar-refractivity contribution in [1.29, 1.82) is 0 Å². The van der Waals surface area contributed by atoms with Crippen LogP contribution in [-0.2, 0) is 16.1 Å². The standard InChI is InChI=1S/C25H18Cl2N2O4S/c1-2-33-20(30)14-29-22-19(13-12-18(26)21(22)27)34-25(29)28-24(32)17-10-8-16(9-11-17)23(31)15-6-4-3-5-7-15/h3-13H,2,14H2,1H3. The topological polar surface area (TPSA) is 77.7 Å². The molecule has 6 nitrogen and oxygen atoms in total. The summed E-state index contributed by atoms with van der Waals surface area (Å²) in [6.45, 7) is 1.75. The molecule has 0 aliphatic heterocycles. The summed E-state index contributed by atoms with van der Waals surface area (Å²) in [5, 5.41) is 0.582. The Morgan fingerprint density at radius 1 is 0.912 bits per heavy atom. The molecule has 0 saturated carbocycles. The van der Waals surface area contributed by atoms with E-state index in [2.05, 4.69) is 4.99 Å². The van der Waals surface area contributed by atoms with Crippen molar-refractivity contribution in [1.82, 2.24) is 4.57 Å². The third-order valence-electron chi connectivity index (χ3n) is 4.95. The molecule has 1 aromatic heterocycles. The number of hydrogen-bond donors (Lipinski definition) is 0. The molecule has 0 fully saturated rings. The molecule has 0 spiro atoms. The highest BCUT2D eigenvalue weighted by Gasteiger charge is 2.17. The minimum absolute atomic E-state index is 0.139. The normalized spacial score (nSPS) is 11.6. The number of carbonyl (C=O) groups is 3. The molecule has 1 amide bonds. The van der Waals surface area contributed by atoms with Crippen LogP contribution in [0.2, 0.25) is 10.0 Å². The molecule has 0 aliphatic rings. The van der Waals surface area contributed by atoms with Gasteiger partial charge in [-0.25, -0.2) is 0 Å². The highest BCUT2D eigenvalue weighted by Crippen LogP contribution is 2.32. The van der Waals surface area contributed by atoms with E-state index in [0.29, 0.717) is 31.9 Å². The maximum absolute atomic E-state index is 12.9. The van der Waals surface area contributed by atoms with E-state index in [-0.39, 0.29) is 28.8 Å². The summed E-state index contributed by atoms with van der Waals surface area (Å²) < 4.78 is 7.30. The Morgan fingerprint density at radius 3 is 2.24 bits per heavy atom. The molecule has 0 N–H and O–H groups in total. The van der Waals surface area contributed by atoms with Gasteiger partial charge in [-0.15, -0.1) is 0 Å². The van der Waals surface area contributed by atoms with Gasteiger partial charge in [-0.2, -0.15) is 4.99 Å². The Balaban J connectivity index is 1.70. The lowest BCUT2D eigenvalue weighted by Crippen LogP contribution is -2.23. The summed E-state index contributed by atoms with van der Waals surface area (Å²) in [7, 11) is 0. The Kier molecular flexibility index (Phi) is 7.26. The first-order valence-corrected chi connectivity index (χ1v) is 11.9. The number of thiazole rings is 1. The molecule has 34 heavy (non-hydrogen) atoms. The Bertz CT molecular complexity index is 1460. The van der Waals surface area contributed by atoms with Gasteiger partial charge in [0, 0.05) is 16.7 Å². The zero-order chi connectivity index (χ0) is 24.2. The summed E-state index contributed by atoms with van der Waals surface area (Å²) in [6, 6.07) is 18.6. The van der Waals surface area contributed by atoms with E-state index in [1.165, 1.54) is 15.9 Å². The fourth-order valence-electron chi connectivity index (χ4n) is 3.34. The Morgan fingerprint density at radius 2 is 1.56 bits per heavy atom. The van der Waals surface area contributed by atoms with Crippen LogP contribution >= 0.6 is 34.5 Å². The summed E-state index contributed by atoms with van der Waals surface area (Å²) in [5.74, 6) is -1.15. The molecule has 172 valence electrons. The van der Waals surface area contributed by atoms with Crippen LogP contribution in [0.4, 0.5) is 0 Å². The van der Waals surface area contributed by atoms with Gasteiger partial charge in [0.2, 0.25) is 0 Å². The number of fused-ring (bicyclic) bond motifs is 1. The van der Waals surface area contributed by atoms with Crippen molar-refractivity contribution < 1.29 is 19.1 Å². The quantitative estimate of drug-likeness (QED) is 0.250. The average molecular weight is 513 g/mol. The van der Waals surface area contributed by atoms with Crippen molar-refractivity contribution in [3.63, 3.8) is 0 Å². The number of carbonyl (C=O) groups excluding carboxylic acids is 3. The number of halogens is 2. The minimum Gasteiger partial charge on any atom is -0.465 e. The smallest absolute Gasteiger partial charge is 0.326 e. The highest BCUT2D eigenvalue weighted by atomic mass is 35.5. The van der Waals surface area contributed by atoms with Crippen molar-refractivity contribution in [3.8, 4) is 0 Å². The SMILES string of the molecule is CCOC(=O)Cn1c(=NC(=O)c2ccc(C(=O)c3ccccc3)cc2)sc2ccc(Cl)c(Cl)c21. The molecule has 4 aromatic rings. The van der Waals surface area contributed by atoms with Gasteiger partial charge < -0.3 is 9.30 Å². The second kappa shape index (κ2) is 10.3. The van der Waals surface area contributed by atoms with Gasteiger partial charge in [-0.05, 0) is 31.2 Å². The maximum Gasteiger partial charge on any atom is 0.326 e. The summed E-state index contributed by atoms with van der Waals surface area (Å²) in [5.41, 5.74) is 1.83. The molecule has 4 rings (SSSR count). The lowest BCUT2D eigenvalue weighted by atomic mass is 10.0. The fourth-order valence-corrected chi connectivity index (χ4v) is 4.85. The molecule has 0 bridgehead atoms. The van der Waals surface area contributed by atoms with Gasteiger partial charge >= 0.3 is 5.97 Å². The van der Waals surface area contributed by atoms with Gasteiger partial charge in [-0.3, -0.25) is 14.4 Å². The second-order valence-corrected chi connectivity index (χ2v) is 8.97. The summed E-state index contributed by atoms with van der Waals surface area (Å²) in [6.07, 6.45) is 0. The molecule has 1 heterocycles. The first-order valence-electron chi connectivity index (χ1n) is 10.3. The van der Waals surface area contributed by atoms with Gasteiger partial charge in [0.1, 0.15) is 6.54 Å². The van der Waals surface area contributed by atoms with E-state index in [1.54, 1.807) is 67.6 Å². The van der Waals surface area contributed by atoms with Gasteiger partial charge in [0.05, 0.1) is 26.9 Å². The predicted molar refractivity (Wildman–Crippen MR) is 133 cm³/mol. The van der Waals surface area contributed by atoms with Crippen LogP contribution in [0.1, 0.15) is 33.2 Å². The van der Waals surface area contributed by atoms with E-state index >= 15 is 0 Å². The number of esters is 1. The highest BCUT2D eigenvalue weighted by molar-refractivity contribution is 7.16. The molecule has 0 atom stereocenters. The number of rotatable bonds is 6. The lowest BCUT2D eigenvalue weighted by Gasteiger charge is -2.07. The zero-order valence-corrected chi connectivity index (χ0v) is 20.3. The third kappa shape index (κ3) is 4.97. The van der Waals surface area contributed by atoms with Crippen molar-refractivity contribution in [2.45, 2.75) is 13.5 Å². The van der Waals surface area contributed by atoms with Gasteiger partial charge in [-0.1, -0.05) is 77.0 Å². The second-order valence-electron chi connectivity index (χ2n) is 7.17. The van der Waals surface area contributed by atoms with E-state index in [0.717, 1.165) is 0 Å². The largest absolute Gasteiger partial charge is 0.465 e. The Labute approximate surface area is 209 Å². The van der Waals surface area contributed by atoms with Gasteiger partial charge in [0.25, 0.3) is 5.91 Å². The zero-order valence-electron chi connectivity index (χ0n) is 18.0. The molecule has 0 unspecified atom stereocenters. The number of amides is 1. The van der Waals surface area contributed by atoms with E-state index in [4.69, 9.17) is 27.9 Å². The van der Waals surface area contributed by atoms with Crippen LogP contribution in [-0.4, -0.2) is 28.8 Å². The van der Waals surface area contributed by atoms with E-state index in [1.807, 2.05) is 6.07 Å². The van der Waals surface area contributed by atoms with Crippen LogP contribution in [0, 0.1) is 0 Å². The summed E-state index contributed by atoms with van der Waals surface area (Å²) >= 11 is 13.8. The first kappa shape index (κ1) is 23.9. The maximum atomic E-state index is 12.9. The Hall–Kier alpha value is -3.26. The number of aromatic nitrogens is 1. The van der Waals surface area contributed by atoms with Crippen LogP contribution in [0.25, 0.3) is 10.2 Å². The number of ketones is 1. The molecule has 0 radical (unpaired) electrons. The molecule has 0 aliphatic carbocycles. The minimum atomic E-state index is -0.523. The van der Waals surface area contributed by atoms with Crippen LogP contribution < -0.4 is 4.80 Å². The average Bonchev–Trinajstić information content (AvgIpc) is 3.19. The first-order chi connectivity index (χ1) is 16.4. The number of hydrogen-bond acceptors (Lipinski definition) is 5. The van der Waals surface area contributed by atoms with Crippen molar-refractivity contribution in [2.24, 2.45) is 4.99 Å². The monoisotopic (exact) mass is 512 g/mol. The number of ether oxygens (including phenoxy) is 1. The van der Waals surface area contributed by atoms with E-state index < -0.39 is 11.9 Å². The molecule has 3 aromatic carbocycles. The molecular formula is C25H18Cl2N2O4S. The third-order valence-corrected chi connectivity index (χ3v) is 6.79. The number of nitrogens with zero attached hydrogens (tertiary/aromatic N) is 2. The molecule has 9 heteroatoms. The van der Waals surface area contributed by atoms with Gasteiger partial charge in [0.15, 0.2) is 10.6 Å². The predicted octanol–water partition coefficient (Wildman–Crippen LogP) is 5.54. The molecule has 0 saturated heterocycles. The van der Waals surface area contributed by atoms with Crippen LogP contribution in [0.3, 0.4) is 0 Å². The summed E-state index contributed by atoms with van der Waals surface area (Å²) in [4.78, 5) is 42.2. The lowest BCUT2D eigenvalue weighted by molar-refractivity contribution is -0.143. The van der Waals surface area contributed by atoms with Crippen LogP contribution in [0.15, 0.2) is 71.7 Å².